The van der Waals surface area contributed by atoms with E-state index in [1.165, 1.54) is 11.8 Å². The molecule has 0 aliphatic rings. The fourth-order valence-electron chi connectivity index (χ4n) is 2.65. The Bertz CT molecular complexity index is 994. The topological polar surface area (TPSA) is 72.7 Å². The molecule has 0 fully saturated rings. The van der Waals surface area contributed by atoms with E-state index in [1.54, 1.807) is 16.8 Å². The van der Waals surface area contributed by atoms with Gasteiger partial charge in [-0.2, -0.15) is 4.68 Å². The number of benzene rings is 2. The molecule has 1 heterocycles. The maximum absolute atomic E-state index is 12.7. The molecule has 6 nitrogen and oxygen atoms in total. The van der Waals surface area contributed by atoms with Gasteiger partial charge in [0.15, 0.2) is 0 Å². The Balaban J connectivity index is 1.69. The molecule has 3 rings (SSSR count). The van der Waals surface area contributed by atoms with Gasteiger partial charge >= 0.3 is 0 Å². The van der Waals surface area contributed by atoms with Crippen molar-refractivity contribution in [1.82, 2.24) is 25.5 Å². The van der Waals surface area contributed by atoms with E-state index in [-0.39, 0.29) is 11.9 Å². The van der Waals surface area contributed by atoms with Crippen LogP contribution in [0.5, 0.6) is 0 Å². The Hall–Kier alpha value is -2.09. The van der Waals surface area contributed by atoms with Gasteiger partial charge in [-0.3, -0.25) is 4.79 Å². The molecule has 0 bridgehead atoms. The number of amides is 1. The molecule has 9 heteroatoms. The van der Waals surface area contributed by atoms with Gasteiger partial charge in [-0.25, -0.2) is 0 Å². The van der Waals surface area contributed by atoms with Gasteiger partial charge < -0.3 is 5.32 Å². The summed E-state index contributed by atoms with van der Waals surface area (Å²) in [5.41, 5.74) is 2.76. The van der Waals surface area contributed by atoms with Crippen molar-refractivity contribution in [2.24, 2.45) is 0 Å². The fourth-order valence-corrected chi connectivity index (χ4v) is 4.04. The van der Waals surface area contributed by atoms with Crippen molar-refractivity contribution in [1.29, 1.82) is 0 Å². The van der Waals surface area contributed by atoms with E-state index in [4.69, 9.17) is 23.2 Å². The van der Waals surface area contributed by atoms with Crippen LogP contribution in [0.1, 0.15) is 31.0 Å². The molecule has 2 unspecified atom stereocenters. The van der Waals surface area contributed by atoms with Crippen LogP contribution in [0.2, 0.25) is 10.0 Å². The van der Waals surface area contributed by atoms with Crippen LogP contribution in [0.4, 0.5) is 0 Å². The van der Waals surface area contributed by atoms with Gasteiger partial charge in [0.1, 0.15) is 0 Å². The lowest BCUT2D eigenvalue weighted by molar-refractivity contribution is -0.120. The van der Waals surface area contributed by atoms with Crippen LogP contribution in [-0.4, -0.2) is 31.4 Å². The minimum absolute atomic E-state index is 0.137. The van der Waals surface area contributed by atoms with Gasteiger partial charge in [-0.05, 0) is 66.6 Å². The van der Waals surface area contributed by atoms with Gasteiger partial charge in [0.25, 0.3) is 0 Å². The van der Waals surface area contributed by atoms with E-state index in [9.17, 15) is 4.79 Å². The highest BCUT2D eigenvalue weighted by atomic mass is 35.5. The first-order valence-electron chi connectivity index (χ1n) is 8.62. The van der Waals surface area contributed by atoms with E-state index >= 15 is 0 Å². The molecule has 0 radical (unpaired) electrons. The van der Waals surface area contributed by atoms with E-state index < -0.39 is 5.25 Å². The number of tetrazole rings is 1. The normalized spacial score (nSPS) is 13.2. The number of nitrogens with zero attached hydrogens (tertiary/aromatic N) is 4. The first-order valence-corrected chi connectivity index (χ1v) is 10.3. The maximum Gasteiger partial charge on any atom is 0.233 e. The molecule has 146 valence electrons. The Morgan fingerprint density at radius 1 is 1.18 bits per heavy atom. The van der Waals surface area contributed by atoms with Gasteiger partial charge in [-0.15, -0.1) is 5.10 Å². The number of carbonyl (C=O) groups is 1. The van der Waals surface area contributed by atoms with Crippen molar-refractivity contribution in [3.05, 3.63) is 63.6 Å². The Morgan fingerprint density at radius 3 is 2.68 bits per heavy atom. The quantitative estimate of drug-likeness (QED) is 0.571. The van der Waals surface area contributed by atoms with Crippen molar-refractivity contribution in [3.63, 3.8) is 0 Å². The van der Waals surface area contributed by atoms with E-state index in [0.717, 1.165) is 16.8 Å². The highest BCUT2D eigenvalue weighted by molar-refractivity contribution is 8.00. The van der Waals surface area contributed by atoms with Crippen LogP contribution in [-0.2, 0) is 4.79 Å². The standard InChI is InChI=1S/C19H19Cl2N5OS/c1-11-5-4-6-15(9-11)26-19(23-24-25-26)28-13(3)18(27)22-12(2)16-8-7-14(20)10-17(16)21/h4-10,12-13H,1-3H3,(H,22,27). The summed E-state index contributed by atoms with van der Waals surface area (Å²) in [6.45, 7) is 5.69. The summed E-state index contributed by atoms with van der Waals surface area (Å²) in [6.07, 6.45) is 0. The number of hydrogen-bond donors (Lipinski definition) is 1. The summed E-state index contributed by atoms with van der Waals surface area (Å²) in [6, 6.07) is 12.8. The number of halogens is 2. The minimum atomic E-state index is -0.400. The smallest absolute Gasteiger partial charge is 0.233 e. The van der Waals surface area contributed by atoms with Crippen molar-refractivity contribution in [2.45, 2.75) is 37.2 Å². The molecule has 1 amide bonds. The van der Waals surface area contributed by atoms with Crippen LogP contribution >= 0.6 is 35.0 Å². The van der Waals surface area contributed by atoms with Crippen LogP contribution in [0.3, 0.4) is 0 Å². The lowest BCUT2D eigenvalue weighted by atomic mass is 10.1. The SMILES string of the molecule is Cc1cccc(-n2nnnc2SC(C)C(=O)NC(C)c2ccc(Cl)cc2Cl)c1. The van der Waals surface area contributed by atoms with E-state index in [1.807, 2.05) is 51.1 Å². The molecule has 1 N–H and O–H groups in total. The zero-order chi connectivity index (χ0) is 20.3. The number of aryl methyl sites for hydroxylation is 1. The Morgan fingerprint density at radius 2 is 1.96 bits per heavy atom. The molecular formula is C19H19Cl2N5OS. The summed E-state index contributed by atoms with van der Waals surface area (Å²) in [4.78, 5) is 12.7. The zero-order valence-electron chi connectivity index (χ0n) is 15.6. The summed E-state index contributed by atoms with van der Waals surface area (Å²) >= 11 is 13.5. The van der Waals surface area contributed by atoms with Crippen molar-refractivity contribution >= 4 is 40.9 Å². The van der Waals surface area contributed by atoms with E-state index in [0.29, 0.717) is 15.2 Å². The summed E-state index contributed by atoms with van der Waals surface area (Å²) in [5.74, 6) is -0.137. The summed E-state index contributed by atoms with van der Waals surface area (Å²) < 4.78 is 1.63. The number of nitrogens with one attached hydrogen (secondary N) is 1. The van der Waals surface area contributed by atoms with Crippen LogP contribution in [0.25, 0.3) is 5.69 Å². The molecule has 2 atom stereocenters. The minimum Gasteiger partial charge on any atom is -0.349 e. The molecule has 2 aromatic carbocycles. The van der Waals surface area contributed by atoms with Crippen molar-refractivity contribution in [2.75, 3.05) is 0 Å². The third kappa shape index (κ3) is 4.84. The third-order valence-corrected chi connectivity index (χ3v) is 5.72. The summed E-state index contributed by atoms with van der Waals surface area (Å²) in [7, 11) is 0. The molecule has 0 aliphatic carbocycles. The number of hydrogen-bond acceptors (Lipinski definition) is 5. The van der Waals surface area contributed by atoms with Gasteiger partial charge in [0.05, 0.1) is 17.0 Å². The highest BCUT2D eigenvalue weighted by Gasteiger charge is 2.22. The number of rotatable bonds is 6. The second-order valence-corrected chi connectivity index (χ2v) is 8.52. The first-order chi connectivity index (χ1) is 13.3. The van der Waals surface area contributed by atoms with Gasteiger partial charge in [0, 0.05) is 10.0 Å². The second kappa shape index (κ2) is 8.94. The lowest BCUT2D eigenvalue weighted by Gasteiger charge is -2.18. The number of aromatic nitrogens is 4. The molecule has 1 aromatic heterocycles. The lowest BCUT2D eigenvalue weighted by Crippen LogP contribution is -2.33. The average molecular weight is 436 g/mol. The monoisotopic (exact) mass is 435 g/mol. The number of thioether (sulfide) groups is 1. The molecule has 0 spiro atoms. The second-order valence-electron chi connectivity index (χ2n) is 6.37. The van der Waals surface area contributed by atoms with Crippen LogP contribution < -0.4 is 5.32 Å². The first kappa shape index (κ1) is 20.6. The van der Waals surface area contributed by atoms with Crippen LogP contribution in [0, 0.1) is 6.92 Å². The van der Waals surface area contributed by atoms with Gasteiger partial charge in [0.2, 0.25) is 11.1 Å². The average Bonchev–Trinajstić information content (AvgIpc) is 3.09. The molecule has 0 aliphatic heterocycles. The van der Waals surface area contributed by atoms with Crippen LogP contribution in [0.15, 0.2) is 47.6 Å². The highest BCUT2D eigenvalue weighted by Crippen LogP contribution is 2.27. The molecular weight excluding hydrogens is 417 g/mol. The number of carbonyl (C=O) groups excluding carboxylic acids is 1. The third-order valence-electron chi connectivity index (χ3n) is 4.13. The van der Waals surface area contributed by atoms with Crippen molar-refractivity contribution < 1.29 is 4.79 Å². The Labute approximate surface area is 177 Å². The predicted molar refractivity (Wildman–Crippen MR) is 112 cm³/mol. The van der Waals surface area contributed by atoms with E-state index in [2.05, 4.69) is 20.8 Å². The Kier molecular flexibility index (Phi) is 6.59. The molecule has 0 saturated carbocycles. The molecule has 3 aromatic rings. The zero-order valence-corrected chi connectivity index (χ0v) is 17.9. The summed E-state index contributed by atoms with van der Waals surface area (Å²) in [5, 5.41) is 16.0. The fraction of sp³-hybridized carbons (Fsp3) is 0.263. The predicted octanol–water partition coefficient (Wildman–Crippen LogP) is 4.64. The van der Waals surface area contributed by atoms with Gasteiger partial charge in [-0.1, -0.05) is 53.2 Å². The van der Waals surface area contributed by atoms with Crippen molar-refractivity contribution in [3.8, 4) is 5.69 Å². The maximum atomic E-state index is 12.7. The largest absolute Gasteiger partial charge is 0.349 e. The molecule has 0 saturated heterocycles. The molecule has 28 heavy (non-hydrogen) atoms.